The van der Waals surface area contributed by atoms with Crippen molar-refractivity contribution in [2.24, 2.45) is 5.73 Å². The molecule has 0 spiro atoms. The molecule has 0 saturated heterocycles. The highest BCUT2D eigenvalue weighted by Crippen LogP contribution is 2.43. The Balaban J connectivity index is 2.35. The highest BCUT2D eigenvalue weighted by Gasteiger charge is 2.34. The number of aromatic nitrogens is 1. The van der Waals surface area contributed by atoms with Crippen LogP contribution in [0.4, 0.5) is 0 Å². The molecule has 1 saturated carbocycles. The van der Waals surface area contributed by atoms with Gasteiger partial charge in [0.25, 0.3) is 0 Å². The number of nitrogens with zero attached hydrogens (tertiary/aromatic N) is 1. The minimum atomic E-state index is -0.501. The predicted octanol–water partition coefficient (Wildman–Crippen LogP) is 2.39. The molecule has 0 amide bonds. The van der Waals surface area contributed by atoms with Gasteiger partial charge in [-0.05, 0) is 33.6 Å². The molecule has 1 aromatic heterocycles. The summed E-state index contributed by atoms with van der Waals surface area (Å²) in [6.07, 6.45) is 2.22. The van der Waals surface area contributed by atoms with Crippen LogP contribution in [0.2, 0.25) is 0 Å². The van der Waals surface area contributed by atoms with E-state index in [1.807, 2.05) is 20.8 Å². The van der Waals surface area contributed by atoms with Gasteiger partial charge in [-0.2, -0.15) is 0 Å². The number of hydrogen-bond donors (Lipinski definition) is 1. The van der Waals surface area contributed by atoms with Gasteiger partial charge in [-0.15, -0.1) is 11.3 Å². The van der Waals surface area contributed by atoms with E-state index >= 15 is 0 Å². The van der Waals surface area contributed by atoms with Crippen molar-refractivity contribution in [3.63, 3.8) is 0 Å². The molecule has 94 valence electrons. The van der Waals surface area contributed by atoms with E-state index in [1.165, 1.54) is 11.3 Å². The molecule has 1 heterocycles. The van der Waals surface area contributed by atoms with Crippen molar-refractivity contribution in [1.29, 1.82) is 0 Å². The maximum Gasteiger partial charge on any atom is 0.350 e. The molecule has 1 aliphatic carbocycles. The second kappa shape index (κ2) is 4.38. The number of hydrogen-bond acceptors (Lipinski definition) is 5. The van der Waals surface area contributed by atoms with Gasteiger partial charge in [0.05, 0.1) is 17.8 Å². The molecule has 1 fully saturated rings. The van der Waals surface area contributed by atoms with Gasteiger partial charge in [-0.1, -0.05) is 0 Å². The standard InChI is InChI=1S/C12H18N2O2S/c1-4-16-10(15)9-8(7-5-6-7)14-11(17-9)12(2,3)13/h7H,4-6,13H2,1-3H3. The summed E-state index contributed by atoms with van der Waals surface area (Å²) in [6.45, 7) is 6.00. The Morgan fingerprint density at radius 3 is 2.71 bits per heavy atom. The molecule has 2 rings (SSSR count). The van der Waals surface area contributed by atoms with Gasteiger partial charge >= 0.3 is 5.97 Å². The van der Waals surface area contributed by atoms with Gasteiger partial charge in [0.15, 0.2) is 0 Å². The molecule has 2 N–H and O–H groups in total. The van der Waals surface area contributed by atoms with E-state index < -0.39 is 5.54 Å². The lowest BCUT2D eigenvalue weighted by Gasteiger charge is -2.13. The number of carbonyl (C=O) groups is 1. The normalized spacial score (nSPS) is 16.0. The van der Waals surface area contributed by atoms with Crippen LogP contribution in [-0.2, 0) is 10.3 Å². The average Bonchev–Trinajstić information content (AvgIpc) is 2.95. The smallest absolute Gasteiger partial charge is 0.350 e. The lowest BCUT2D eigenvalue weighted by Crippen LogP contribution is -2.28. The molecule has 0 radical (unpaired) electrons. The summed E-state index contributed by atoms with van der Waals surface area (Å²) in [4.78, 5) is 17.0. The van der Waals surface area contributed by atoms with Crippen molar-refractivity contribution in [1.82, 2.24) is 4.98 Å². The monoisotopic (exact) mass is 254 g/mol. The van der Waals surface area contributed by atoms with Crippen molar-refractivity contribution in [2.45, 2.75) is 45.1 Å². The van der Waals surface area contributed by atoms with Crippen LogP contribution in [0.5, 0.6) is 0 Å². The summed E-state index contributed by atoms with van der Waals surface area (Å²) in [5.74, 6) is 0.171. The van der Waals surface area contributed by atoms with Crippen LogP contribution in [0, 0.1) is 0 Å². The maximum atomic E-state index is 11.8. The first-order valence-corrected chi connectivity index (χ1v) is 6.72. The van der Waals surface area contributed by atoms with Crippen molar-refractivity contribution >= 4 is 17.3 Å². The van der Waals surface area contributed by atoms with Gasteiger partial charge in [0.1, 0.15) is 9.88 Å². The van der Waals surface area contributed by atoms with Crippen molar-refractivity contribution in [2.75, 3.05) is 6.61 Å². The first-order chi connectivity index (χ1) is 7.93. The molecule has 5 heteroatoms. The molecule has 1 aromatic rings. The minimum Gasteiger partial charge on any atom is -0.462 e. The second-order valence-corrected chi connectivity index (χ2v) is 5.95. The van der Waals surface area contributed by atoms with Crippen LogP contribution in [0.15, 0.2) is 0 Å². The summed E-state index contributed by atoms with van der Waals surface area (Å²) in [5.41, 5.74) is 6.42. The van der Waals surface area contributed by atoms with Crippen molar-refractivity contribution in [3.05, 3.63) is 15.6 Å². The van der Waals surface area contributed by atoms with Crippen molar-refractivity contribution < 1.29 is 9.53 Å². The zero-order chi connectivity index (χ0) is 12.6. The fourth-order valence-electron chi connectivity index (χ4n) is 1.58. The Hall–Kier alpha value is -0.940. The van der Waals surface area contributed by atoms with Crippen LogP contribution >= 0.6 is 11.3 Å². The zero-order valence-corrected chi connectivity index (χ0v) is 11.3. The van der Waals surface area contributed by atoms with E-state index in [-0.39, 0.29) is 5.97 Å². The molecule has 4 nitrogen and oxygen atoms in total. The first-order valence-electron chi connectivity index (χ1n) is 5.90. The Kier molecular flexibility index (Phi) is 3.23. The van der Waals surface area contributed by atoms with E-state index in [0.29, 0.717) is 17.4 Å². The fraction of sp³-hybridized carbons (Fsp3) is 0.667. The lowest BCUT2D eigenvalue weighted by molar-refractivity contribution is 0.0530. The van der Waals surface area contributed by atoms with E-state index in [2.05, 4.69) is 4.98 Å². The van der Waals surface area contributed by atoms with Gasteiger partial charge in [0, 0.05) is 5.92 Å². The molecule has 0 aromatic carbocycles. The van der Waals surface area contributed by atoms with Crippen LogP contribution in [0.1, 0.15) is 59.9 Å². The summed E-state index contributed by atoms with van der Waals surface area (Å²) in [5, 5.41) is 0.808. The lowest BCUT2D eigenvalue weighted by atomic mass is 10.1. The van der Waals surface area contributed by atoms with Crippen LogP contribution in [0.3, 0.4) is 0 Å². The van der Waals surface area contributed by atoms with Gasteiger partial charge in [-0.25, -0.2) is 9.78 Å². The van der Waals surface area contributed by atoms with Gasteiger partial charge < -0.3 is 10.5 Å². The number of thiazole rings is 1. The fourth-order valence-corrected chi connectivity index (χ4v) is 2.64. The summed E-state index contributed by atoms with van der Waals surface area (Å²) >= 11 is 1.37. The summed E-state index contributed by atoms with van der Waals surface area (Å²) in [6, 6.07) is 0. The second-order valence-electron chi connectivity index (χ2n) is 4.95. The highest BCUT2D eigenvalue weighted by molar-refractivity contribution is 7.13. The number of esters is 1. The molecular weight excluding hydrogens is 236 g/mol. The third-order valence-corrected chi connectivity index (χ3v) is 4.02. The largest absolute Gasteiger partial charge is 0.462 e. The Morgan fingerprint density at radius 2 is 2.24 bits per heavy atom. The quantitative estimate of drug-likeness (QED) is 0.838. The first kappa shape index (κ1) is 12.5. The summed E-state index contributed by atoms with van der Waals surface area (Å²) < 4.78 is 5.06. The minimum absolute atomic E-state index is 0.262. The van der Waals surface area contributed by atoms with Crippen LogP contribution in [0.25, 0.3) is 0 Å². The Bertz CT molecular complexity index is 430. The molecule has 17 heavy (non-hydrogen) atoms. The molecule has 0 atom stereocenters. The van der Waals surface area contributed by atoms with Crippen LogP contribution in [-0.4, -0.2) is 17.6 Å². The molecule has 1 aliphatic rings. The molecule has 0 aliphatic heterocycles. The predicted molar refractivity (Wildman–Crippen MR) is 67.3 cm³/mol. The molecule has 0 unspecified atom stereocenters. The van der Waals surface area contributed by atoms with E-state index in [4.69, 9.17) is 10.5 Å². The Morgan fingerprint density at radius 1 is 1.59 bits per heavy atom. The summed E-state index contributed by atoms with van der Waals surface area (Å²) in [7, 11) is 0. The number of carbonyl (C=O) groups excluding carboxylic acids is 1. The third-order valence-electron chi connectivity index (χ3n) is 2.63. The maximum absolute atomic E-state index is 11.8. The number of ether oxygens (including phenoxy) is 1. The zero-order valence-electron chi connectivity index (χ0n) is 10.4. The molecule has 0 bridgehead atoms. The van der Waals surface area contributed by atoms with Crippen LogP contribution < -0.4 is 5.73 Å². The van der Waals surface area contributed by atoms with Gasteiger partial charge in [0.2, 0.25) is 0 Å². The average molecular weight is 254 g/mol. The van der Waals surface area contributed by atoms with E-state index in [0.717, 1.165) is 23.5 Å². The number of rotatable bonds is 4. The van der Waals surface area contributed by atoms with Crippen molar-refractivity contribution in [3.8, 4) is 0 Å². The van der Waals surface area contributed by atoms with Gasteiger partial charge in [-0.3, -0.25) is 0 Å². The van der Waals surface area contributed by atoms with E-state index in [1.54, 1.807) is 0 Å². The highest BCUT2D eigenvalue weighted by atomic mass is 32.1. The number of nitrogens with two attached hydrogens (primary N) is 1. The molecular formula is C12H18N2O2S. The Labute approximate surface area is 105 Å². The van der Waals surface area contributed by atoms with E-state index in [9.17, 15) is 4.79 Å². The topological polar surface area (TPSA) is 65.2 Å². The SMILES string of the molecule is CCOC(=O)c1sc(C(C)(C)N)nc1C1CC1. The third kappa shape index (κ3) is 2.66.